The molecule has 5 nitrogen and oxygen atoms in total. The highest BCUT2D eigenvalue weighted by Crippen LogP contribution is 2.33. The van der Waals surface area contributed by atoms with Crippen LogP contribution in [-0.2, 0) is 17.8 Å². The Bertz CT molecular complexity index is 999. The number of hydrogen-bond donors (Lipinski definition) is 0. The molecule has 0 fully saturated rings. The highest BCUT2D eigenvalue weighted by Gasteiger charge is 2.30. The molecule has 1 aromatic heterocycles. The van der Waals surface area contributed by atoms with Crippen molar-refractivity contribution >= 4 is 23.4 Å². The molecule has 2 heterocycles. The summed E-state index contributed by atoms with van der Waals surface area (Å²) in [5.41, 5.74) is 3.25. The van der Waals surface area contributed by atoms with Crippen LogP contribution in [0.3, 0.4) is 0 Å². The molecule has 1 atom stereocenters. The van der Waals surface area contributed by atoms with Gasteiger partial charge in [-0.15, -0.1) is 16.8 Å². The van der Waals surface area contributed by atoms with Crippen LogP contribution in [-0.4, -0.2) is 32.5 Å². The fraction of sp³-hybridized carbons (Fsp3) is 0.227. The number of amides is 1. The molecule has 0 radical (unpaired) electrons. The Balaban J connectivity index is 1.53. The van der Waals surface area contributed by atoms with Gasteiger partial charge in [-0.1, -0.05) is 66.4 Å². The summed E-state index contributed by atoms with van der Waals surface area (Å²) in [6, 6.07) is 18.2. The van der Waals surface area contributed by atoms with Gasteiger partial charge in [-0.3, -0.25) is 9.36 Å². The Morgan fingerprint density at radius 1 is 1.18 bits per heavy atom. The van der Waals surface area contributed by atoms with Gasteiger partial charge >= 0.3 is 0 Å². The van der Waals surface area contributed by atoms with Crippen molar-refractivity contribution in [1.29, 1.82) is 0 Å². The minimum atomic E-state index is 0.0943. The Labute approximate surface area is 169 Å². The SMILES string of the molecule is C=CCn1c(SCC(=O)N2c3ccccc3C[C@H]2C)nnc1-c1ccccc1. The summed E-state index contributed by atoms with van der Waals surface area (Å²) >= 11 is 1.42. The van der Waals surface area contributed by atoms with Gasteiger partial charge in [0.25, 0.3) is 0 Å². The van der Waals surface area contributed by atoms with E-state index in [1.54, 1.807) is 0 Å². The van der Waals surface area contributed by atoms with E-state index in [0.29, 0.717) is 12.3 Å². The molecule has 0 bridgehead atoms. The molecule has 0 spiro atoms. The van der Waals surface area contributed by atoms with E-state index >= 15 is 0 Å². The number of para-hydroxylation sites is 1. The molecule has 3 aromatic rings. The van der Waals surface area contributed by atoms with Gasteiger partial charge in [0.15, 0.2) is 11.0 Å². The number of carbonyl (C=O) groups is 1. The highest BCUT2D eigenvalue weighted by molar-refractivity contribution is 7.99. The second-order valence-corrected chi connectivity index (χ2v) is 7.75. The number of anilines is 1. The quantitative estimate of drug-likeness (QED) is 0.468. The van der Waals surface area contributed by atoms with Crippen LogP contribution in [0.1, 0.15) is 12.5 Å². The van der Waals surface area contributed by atoms with Crippen molar-refractivity contribution in [2.75, 3.05) is 10.7 Å². The van der Waals surface area contributed by atoms with Gasteiger partial charge in [0.05, 0.1) is 5.75 Å². The van der Waals surface area contributed by atoms with Gasteiger partial charge in [0.1, 0.15) is 0 Å². The van der Waals surface area contributed by atoms with Crippen LogP contribution < -0.4 is 4.90 Å². The number of thioether (sulfide) groups is 1. The lowest BCUT2D eigenvalue weighted by Crippen LogP contribution is -2.37. The average molecular weight is 391 g/mol. The molecular weight excluding hydrogens is 368 g/mol. The number of rotatable bonds is 6. The van der Waals surface area contributed by atoms with Crippen LogP contribution in [0.2, 0.25) is 0 Å². The first-order chi connectivity index (χ1) is 13.7. The lowest BCUT2D eigenvalue weighted by molar-refractivity contribution is -0.116. The van der Waals surface area contributed by atoms with E-state index in [-0.39, 0.29) is 11.9 Å². The fourth-order valence-electron chi connectivity index (χ4n) is 3.63. The third kappa shape index (κ3) is 3.47. The molecule has 4 rings (SSSR count). The van der Waals surface area contributed by atoms with Gasteiger partial charge in [-0.05, 0) is 25.0 Å². The van der Waals surface area contributed by atoms with E-state index in [4.69, 9.17) is 0 Å². The number of carbonyl (C=O) groups excluding carboxylic acids is 1. The first-order valence-electron chi connectivity index (χ1n) is 9.31. The largest absolute Gasteiger partial charge is 0.308 e. The number of aromatic nitrogens is 3. The van der Waals surface area contributed by atoms with Crippen molar-refractivity contribution in [1.82, 2.24) is 14.8 Å². The number of allylic oxidation sites excluding steroid dienone is 1. The van der Waals surface area contributed by atoms with E-state index in [1.165, 1.54) is 17.3 Å². The van der Waals surface area contributed by atoms with Gasteiger partial charge in [0, 0.05) is 23.8 Å². The highest BCUT2D eigenvalue weighted by atomic mass is 32.2. The van der Waals surface area contributed by atoms with E-state index in [0.717, 1.165) is 28.7 Å². The van der Waals surface area contributed by atoms with Crippen molar-refractivity contribution in [3.8, 4) is 11.4 Å². The minimum absolute atomic E-state index is 0.0943. The van der Waals surface area contributed by atoms with Crippen LogP contribution in [0.5, 0.6) is 0 Å². The molecule has 1 aliphatic heterocycles. The molecule has 2 aromatic carbocycles. The fourth-order valence-corrected chi connectivity index (χ4v) is 4.44. The third-order valence-corrected chi connectivity index (χ3v) is 5.81. The maximum Gasteiger partial charge on any atom is 0.237 e. The topological polar surface area (TPSA) is 51.0 Å². The second kappa shape index (κ2) is 8.02. The smallest absolute Gasteiger partial charge is 0.237 e. The third-order valence-electron chi connectivity index (χ3n) is 4.86. The first-order valence-corrected chi connectivity index (χ1v) is 10.3. The number of fused-ring (bicyclic) bond motifs is 1. The van der Waals surface area contributed by atoms with E-state index in [2.05, 4.69) is 29.8 Å². The standard InChI is InChI=1S/C22H22N4OS/c1-3-13-25-21(17-9-5-4-6-10-17)23-24-22(25)28-15-20(27)26-16(2)14-18-11-7-8-12-19(18)26/h3-12,16H,1,13-15H2,2H3/t16-/m1/s1. The summed E-state index contributed by atoms with van der Waals surface area (Å²) < 4.78 is 2.00. The van der Waals surface area contributed by atoms with Crippen LogP contribution in [0.25, 0.3) is 11.4 Å². The van der Waals surface area contributed by atoms with Crippen molar-refractivity contribution in [2.24, 2.45) is 0 Å². The summed E-state index contributed by atoms with van der Waals surface area (Å²) in [6.45, 7) is 6.53. The Kier molecular flexibility index (Phi) is 5.30. The predicted molar refractivity (Wildman–Crippen MR) is 113 cm³/mol. The number of hydrogen-bond acceptors (Lipinski definition) is 4. The van der Waals surface area contributed by atoms with Crippen molar-refractivity contribution in [3.63, 3.8) is 0 Å². The van der Waals surface area contributed by atoms with E-state index < -0.39 is 0 Å². The molecule has 28 heavy (non-hydrogen) atoms. The Hall–Kier alpha value is -2.86. The first kappa shape index (κ1) is 18.5. The van der Waals surface area contributed by atoms with Crippen molar-refractivity contribution in [2.45, 2.75) is 31.1 Å². The van der Waals surface area contributed by atoms with Crippen LogP contribution in [0.4, 0.5) is 5.69 Å². The molecule has 1 aliphatic rings. The molecule has 142 valence electrons. The van der Waals surface area contributed by atoms with Crippen LogP contribution >= 0.6 is 11.8 Å². The van der Waals surface area contributed by atoms with Gasteiger partial charge in [-0.2, -0.15) is 0 Å². The monoisotopic (exact) mass is 390 g/mol. The maximum atomic E-state index is 13.0. The number of benzene rings is 2. The number of nitrogens with zero attached hydrogens (tertiary/aromatic N) is 4. The minimum Gasteiger partial charge on any atom is -0.308 e. The normalized spacial score (nSPS) is 15.5. The van der Waals surface area contributed by atoms with Gasteiger partial charge in [-0.25, -0.2) is 0 Å². The molecule has 6 heteroatoms. The lowest BCUT2D eigenvalue weighted by Gasteiger charge is -2.22. The van der Waals surface area contributed by atoms with Crippen LogP contribution in [0, 0.1) is 0 Å². The summed E-state index contributed by atoms with van der Waals surface area (Å²) in [7, 11) is 0. The molecule has 0 N–H and O–H groups in total. The zero-order valence-corrected chi connectivity index (χ0v) is 16.6. The molecule has 1 amide bonds. The summed E-state index contributed by atoms with van der Waals surface area (Å²) in [5, 5.41) is 9.41. The molecule has 0 saturated carbocycles. The van der Waals surface area contributed by atoms with Gasteiger partial charge in [0.2, 0.25) is 5.91 Å². The molecule has 0 aliphatic carbocycles. The second-order valence-electron chi connectivity index (χ2n) is 6.81. The summed E-state index contributed by atoms with van der Waals surface area (Å²) in [6.07, 6.45) is 2.72. The molecular formula is C22H22N4OS. The van der Waals surface area contributed by atoms with Crippen molar-refractivity contribution < 1.29 is 4.79 Å². The average Bonchev–Trinajstić information content (AvgIpc) is 3.27. The van der Waals surface area contributed by atoms with E-state index in [9.17, 15) is 4.79 Å². The predicted octanol–water partition coefficient (Wildman–Crippen LogP) is 4.20. The van der Waals surface area contributed by atoms with Crippen LogP contribution in [0.15, 0.2) is 72.4 Å². The van der Waals surface area contributed by atoms with Gasteiger partial charge < -0.3 is 4.90 Å². The van der Waals surface area contributed by atoms with Crippen molar-refractivity contribution in [3.05, 3.63) is 72.8 Å². The Morgan fingerprint density at radius 3 is 2.71 bits per heavy atom. The molecule has 0 unspecified atom stereocenters. The Morgan fingerprint density at radius 2 is 1.93 bits per heavy atom. The molecule has 0 saturated heterocycles. The lowest BCUT2D eigenvalue weighted by atomic mass is 10.1. The summed E-state index contributed by atoms with van der Waals surface area (Å²) in [4.78, 5) is 14.9. The zero-order chi connectivity index (χ0) is 19.5. The zero-order valence-electron chi connectivity index (χ0n) is 15.8. The summed E-state index contributed by atoms with van der Waals surface area (Å²) in [5.74, 6) is 1.20. The van der Waals surface area contributed by atoms with E-state index in [1.807, 2.05) is 64.1 Å². The maximum absolute atomic E-state index is 13.0.